The predicted octanol–water partition coefficient (Wildman–Crippen LogP) is 4.46. The van der Waals surface area contributed by atoms with Crippen LogP contribution >= 0.6 is 27.7 Å². The molecule has 2 aromatic carbocycles. The van der Waals surface area contributed by atoms with Crippen molar-refractivity contribution in [3.05, 3.63) is 64.4 Å². The van der Waals surface area contributed by atoms with Gasteiger partial charge in [-0.3, -0.25) is 4.79 Å². The summed E-state index contributed by atoms with van der Waals surface area (Å²) in [5, 5.41) is 2.57. The van der Waals surface area contributed by atoms with Gasteiger partial charge in [0.25, 0.3) is 0 Å². The molecule has 0 unspecified atom stereocenters. The Labute approximate surface area is 129 Å². The molecule has 2 rings (SSSR count). The molecule has 1 amide bonds. The molecule has 0 aliphatic rings. The fraction of sp³-hybridized carbons (Fsp3) is 0.133. The van der Waals surface area contributed by atoms with Crippen molar-refractivity contribution >= 4 is 39.3 Å². The second-order valence-corrected chi connectivity index (χ2v) is 6.05. The largest absolute Gasteiger partial charge is 0.323 e. The van der Waals surface area contributed by atoms with Crippen molar-refractivity contribution in [2.24, 2.45) is 0 Å². The lowest BCUT2D eigenvalue weighted by atomic mass is 10.2. The molecule has 0 aromatic heterocycles. The van der Waals surface area contributed by atoms with Gasteiger partial charge in [0.1, 0.15) is 5.82 Å². The minimum absolute atomic E-state index is 0.202. The quantitative estimate of drug-likeness (QED) is 0.859. The summed E-state index contributed by atoms with van der Waals surface area (Å²) in [6.07, 6.45) is 0. The van der Waals surface area contributed by atoms with Gasteiger partial charge >= 0.3 is 0 Å². The van der Waals surface area contributed by atoms with Crippen molar-refractivity contribution in [2.45, 2.75) is 5.75 Å². The van der Waals surface area contributed by atoms with E-state index >= 15 is 0 Å². The number of amides is 1. The van der Waals surface area contributed by atoms with Crippen LogP contribution < -0.4 is 5.32 Å². The van der Waals surface area contributed by atoms with Crippen LogP contribution in [0.3, 0.4) is 0 Å². The van der Waals surface area contributed by atoms with Crippen molar-refractivity contribution in [1.82, 2.24) is 0 Å². The maximum atomic E-state index is 13.5. The smallest absolute Gasteiger partial charge is 0.234 e. The molecule has 0 heterocycles. The fourth-order valence-corrected chi connectivity index (χ4v) is 2.73. The number of carbonyl (C=O) groups is 1. The number of carbonyl (C=O) groups excluding carboxylic acids is 1. The van der Waals surface area contributed by atoms with Gasteiger partial charge in [0.2, 0.25) is 5.91 Å². The highest BCUT2D eigenvalue weighted by Gasteiger charge is 2.07. The summed E-state index contributed by atoms with van der Waals surface area (Å²) < 4.78 is 14.2. The third kappa shape index (κ3) is 4.65. The maximum absolute atomic E-state index is 13.5. The van der Waals surface area contributed by atoms with E-state index in [1.807, 2.05) is 30.3 Å². The van der Waals surface area contributed by atoms with Crippen LogP contribution in [-0.2, 0) is 10.5 Å². The first kappa shape index (κ1) is 15.1. The molecular weight excluding hydrogens is 341 g/mol. The fourth-order valence-electron chi connectivity index (χ4n) is 1.61. The first-order valence-corrected chi connectivity index (χ1v) is 7.96. The van der Waals surface area contributed by atoms with Crippen LogP contribution in [0.25, 0.3) is 0 Å². The van der Waals surface area contributed by atoms with Gasteiger partial charge < -0.3 is 5.32 Å². The summed E-state index contributed by atoms with van der Waals surface area (Å²) >= 11 is 4.67. The van der Waals surface area contributed by atoms with Gasteiger partial charge in [0, 0.05) is 10.2 Å². The molecule has 2 nitrogen and oxygen atoms in total. The van der Waals surface area contributed by atoms with Crippen LogP contribution in [0.2, 0.25) is 0 Å². The van der Waals surface area contributed by atoms with Crippen LogP contribution in [0, 0.1) is 5.82 Å². The summed E-state index contributed by atoms with van der Waals surface area (Å²) in [6, 6.07) is 14.5. The Morgan fingerprint density at radius 1 is 1.20 bits per heavy atom. The molecule has 1 N–H and O–H groups in total. The summed E-state index contributed by atoms with van der Waals surface area (Å²) in [5.74, 6) is 0.412. The number of benzene rings is 2. The van der Waals surface area contributed by atoms with Gasteiger partial charge in [0.15, 0.2) is 0 Å². The number of hydrogen-bond acceptors (Lipinski definition) is 2. The van der Waals surface area contributed by atoms with E-state index in [0.717, 1.165) is 5.75 Å². The van der Waals surface area contributed by atoms with Gasteiger partial charge in [-0.1, -0.05) is 46.3 Å². The molecule has 2 aromatic rings. The molecule has 104 valence electrons. The monoisotopic (exact) mass is 353 g/mol. The van der Waals surface area contributed by atoms with Gasteiger partial charge in [-0.2, -0.15) is 0 Å². The van der Waals surface area contributed by atoms with Crippen LogP contribution in [0.4, 0.5) is 10.1 Å². The van der Waals surface area contributed by atoms with Crippen molar-refractivity contribution in [3.8, 4) is 0 Å². The second kappa shape index (κ2) is 7.45. The minimum Gasteiger partial charge on any atom is -0.323 e. The molecule has 0 radical (unpaired) electrons. The van der Waals surface area contributed by atoms with E-state index < -0.39 is 5.82 Å². The van der Waals surface area contributed by atoms with E-state index in [0.29, 0.717) is 10.2 Å². The molecule has 0 aliphatic carbocycles. The lowest BCUT2D eigenvalue weighted by molar-refractivity contribution is -0.113. The number of rotatable bonds is 5. The highest BCUT2D eigenvalue weighted by Crippen LogP contribution is 2.20. The number of nitrogens with one attached hydrogen (secondary N) is 1. The molecule has 0 saturated heterocycles. The van der Waals surface area contributed by atoms with Crippen LogP contribution in [0.15, 0.2) is 53.0 Å². The SMILES string of the molecule is O=C(CSCc1ccccc1)Nc1ccc(Br)cc1F. The first-order valence-electron chi connectivity index (χ1n) is 6.02. The Balaban J connectivity index is 1.81. The summed E-state index contributed by atoms with van der Waals surface area (Å²) in [4.78, 5) is 11.7. The number of hydrogen-bond donors (Lipinski definition) is 1. The molecular formula is C15H13BrFNOS. The summed E-state index contributed by atoms with van der Waals surface area (Å²) in [6.45, 7) is 0. The molecule has 20 heavy (non-hydrogen) atoms. The van der Waals surface area contributed by atoms with E-state index in [9.17, 15) is 9.18 Å². The lowest BCUT2D eigenvalue weighted by Gasteiger charge is -2.06. The normalized spacial score (nSPS) is 10.3. The van der Waals surface area contributed by atoms with Crippen LogP contribution in [0.1, 0.15) is 5.56 Å². The molecule has 0 saturated carbocycles. The van der Waals surface area contributed by atoms with E-state index in [2.05, 4.69) is 21.2 Å². The third-order valence-electron chi connectivity index (χ3n) is 2.55. The van der Waals surface area contributed by atoms with Crippen molar-refractivity contribution in [2.75, 3.05) is 11.1 Å². The number of anilines is 1. The van der Waals surface area contributed by atoms with E-state index in [-0.39, 0.29) is 11.6 Å². The topological polar surface area (TPSA) is 29.1 Å². The van der Waals surface area contributed by atoms with Gasteiger partial charge in [-0.25, -0.2) is 4.39 Å². The van der Waals surface area contributed by atoms with E-state index in [1.165, 1.54) is 23.4 Å². The number of thioether (sulfide) groups is 1. The predicted molar refractivity (Wildman–Crippen MR) is 85.3 cm³/mol. The summed E-state index contributed by atoms with van der Waals surface area (Å²) in [7, 11) is 0. The van der Waals surface area contributed by atoms with Crippen molar-refractivity contribution in [3.63, 3.8) is 0 Å². The highest BCUT2D eigenvalue weighted by atomic mass is 79.9. The zero-order valence-corrected chi connectivity index (χ0v) is 13.0. The Morgan fingerprint density at radius 3 is 2.65 bits per heavy atom. The first-order chi connectivity index (χ1) is 9.65. The number of halogens is 2. The standard InChI is InChI=1S/C15H13BrFNOS/c16-12-6-7-14(13(17)8-12)18-15(19)10-20-9-11-4-2-1-3-5-11/h1-8H,9-10H2,(H,18,19). The van der Waals surface area contributed by atoms with Crippen molar-refractivity contribution < 1.29 is 9.18 Å². The molecule has 0 bridgehead atoms. The second-order valence-electron chi connectivity index (χ2n) is 4.15. The minimum atomic E-state index is -0.444. The van der Waals surface area contributed by atoms with Gasteiger partial charge in [-0.05, 0) is 23.8 Å². The molecule has 0 fully saturated rings. The molecule has 0 atom stereocenters. The van der Waals surface area contributed by atoms with E-state index in [4.69, 9.17) is 0 Å². The average Bonchev–Trinajstić information content (AvgIpc) is 2.43. The third-order valence-corrected chi connectivity index (χ3v) is 4.05. The Bertz CT molecular complexity index is 592. The average molecular weight is 354 g/mol. The Morgan fingerprint density at radius 2 is 1.95 bits per heavy atom. The zero-order valence-electron chi connectivity index (χ0n) is 10.6. The van der Waals surface area contributed by atoms with Crippen LogP contribution in [-0.4, -0.2) is 11.7 Å². The zero-order chi connectivity index (χ0) is 14.4. The Kier molecular flexibility index (Phi) is 5.61. The summed E-state index contributed by atoms with van der Waals surface area (Å²) in [5.41, 5.74) is 1.37. The van der Waals surface area contributed by atoms with Gasteiger partial charge in [-0.15, -0.1) is 11.8 Å². The molecule has 0 spiro atoms. The van der Waals surface area contributed by atoms with Gasteiger partial charge in [0.05, 0.1) is 11.4 Å². The molecule has 0 aliphatic heterocycles. The highest BCUT2D eigenvalue weighted by molar-refractivity contribution is 9.10. The van der Waals surface area contributed by atoms with Crippen molar-refractivity contribution in [1.29, 1.82) is 0 Å². The lowest BCUT2D eigenvalue weighted by Crippen LogP contribution is -2.15. The van der Waals surface area contributed by atoms with Crippen LogP contribution in [0.5, 0.6) is 0 Å². The van der Waals surface area contributed by atoms with E-state index in [1.54, 1.807) is 12.1 Å². The maximum Gasteiger partial charge on any atom is 0.234 e. The molecule has 5 heteroatoms. The Hall–Kier alpha value is -1.33.